The lowest BCUT2D eigenvalue weighted by Gasteiger charge is -2.22. The number of rotatable bonds is 6. The SMILES string of the molecule is O=S(=O)(c1ccccc1)N1[C@H](c2ccc(Cl)cc2)[C@@]1(Cl)C(=NC1CCCCC1)c1ccccc1. The lowest BCUT2D eigenvalue weighted by Crippen LogP contribution is -2.30. The van der Waals surface area contributed by atoms with Crippen molar-refractivity contribution in [3.63, 3.8) is 0 Å². The van der Waals surface area contributed by atoms with E-state index < -0.39 is 21.1 Å². The fraction of sp³-hybridized carbons (Fsp3) is 0.296. The summed E-state index contributed by atoms with van der Waals surface area (Å²) in [5.41, 5.74) is 2.24. The van der Waals surface area contributed by atoms with Gasteiger partial charge in [-0.05, 0) is 48.2 Å². The topological polar surface area (TPSA) is 49.5 Å². The number of hydrogen-bond donors (Lipinski definition) is 0. The molecule has 0 spiro atoms. The second-order valence-electron chi connectivity index (χ2n) is 8.88. The number of aliphatic imine (C=N–C) groups is 1. The molecule has 0 aromatic heterocycles. The van der Waals surface area contributed by atoms with E-state index in [9.17, 15) is 8.42 Å². The second-order valence-corrected chi connectivity index (χ2v) is 11.7. The van der Waals surface area contributed by atoms with Gasteiger partial charge in [0.05, 0.1) is 22.7 Å². The maximum absolute atomic E-state index is 13.8. The summed E-state index contributed by atoms with van der Waals surface area (Å²) in [6.07, 6.45) is 5.43. The van der Waals surface area contributed by atoms with Crippen LogP contribution in [-0.2, 0) is 10.0 Å². The Morgan fingerprint density at radius 1 is 0.853 bits per heavy atom. The fourth-order valence-corrected chi connectivity index (χ4v) is 7.51. The van der Waals surface area contributed by atoms with Gasteiger partial charge >= 0.3 is 0 Å². The van der Waals surface area contributed by atoms with Crippen LogP contribution in [-0.4, -0.2) is 29.5 Å². The molecule has 0 amide bonds. The van der Waals surface area contributed by atoms with Crippen molar-refractivity contribution < 1.29 is 8.42 Å². The van der Waals surface area contributed by atoms with Gasteiger partial charge in [0, 0.05) is 5.02 Å². The molecule has 0 N–H and O–H groups in total. The van der Waals surface area contributed by atoms with E-state index in [2.05, 4.69) is 0 Å². The number of alkyl halides is 1. The maximum Gasteiger partial charge on any atom is 0.245 e. The van der Waals surface area contributed by atoms with Crippen LogP contribution in [0.1, 0.15) is 49.3 Å². The highest BCUT2D eigenvalue weighted by atomic mass is 35.5. The number of halogens is 2. The van der Waals surface area contributed by atoms with E-state index in [0.717, 1.165) is 36.8 Å². The molecule has 3 aromatic carbocycles. The average Bonchev–Trinajstić information content (AvgIpc) is 3.52. The molecule has 2 fully saturated rings. The molecular formula is C27H26Cl2N2O2S. The summed E-state index contributed by atoms with van der Waals surface area (Å²) in [5.74, 6) is 0. The Morgan fingerprint density at radius 3 is 2.06 bits per heavy atom. The summed E-state index contributed by atoms with van der Waals surface area (Å²) in [4.78, 5) is 4.02. The third kappa shape index (κ3) is 4.31. The molecule has 4 nitrogen and oxygen atoms in total. The van der Waals surface area contributed by atoms with Gasteiger partial charge in [-0.3, -0.25) is 4.99 Å². The summed E-state index contributed by atoms with van der Waals surface area (Å²) in [5, 5.41) is 0.584. The van der Waals surface area contributed by atoms with E-state index in [1.54, 1.807) is 42.5 Å². The first kappa shape index (κ1) is 23.6. The summed E-state index contributed by atoms with van der Waals surface area (Å²) in [6, 6.07) is 24.9. The Kier molecular flexibility index (Phi) is 6.56. The van der Waals surface area contributed by atoms with Crippen LogP contribution in [0.4, 0.5) is 0 Å². The molecule has 1 aliphatic carbocycles. The van der Waals surface area contributed by atoms with Crippen LogP contribution in [0.5, 0.6) is 0 Å². The van der Waals surface area contributed by atoms with E-state index >= 15 is 0 Å². The average molecular weight is 513 g/mol. The van der Waals surface area contributed by atoms with Crippen LogP contribution in [0.3, 0.4) is 0 Å². The lowest BCUT2D eigenvalue weighted by atomic mass is 9.94. The molecule has 34 heavy (non-hydrogen) atoms. The molecule has 0 bridgehead atoms. The Labute approximate surface area is 211 Å². The van der Waals surface area contributed by atoms with Crippen molar-refractivity contribution in [1.82, 2.24) is 4.31 Å². The molecule has 1 unspecified atom stereocenters. The maximum atomic E-state index is 13.8. The highest BCUT2D eigenvalue weighted by Gasteiger charge is 2.71. The van der Waals surface area contributed by atoms with Crippen LogP contribution < -0.4 is 0 Å². The highest BCUT2D eigenvalue weighted by Crippen LogP contribution is 2.61. The van der Waals surface area contributed by atoms with Crippen LogP contribution in [0.2, 0.25) is 5.02 Å². The molecule has 3 atom stereocenters. The van der Waals surface area contributed by atoms with Gasteiger partial charge in [0.25, 0.3) is 0 Å². The smallest absolute Gasteiger partial charge is 0.245 e. The minimum absolute atomic E-state index is 0.132. The number of benzene rings is 3. The standard InChI is InChI=1S/C27H26Cl2N2O2S/c28-22-18-16-21(17-19-22)26-27(29,31(26)34(32,33)24-14-8-3-9-15-24)25(20-10-4-1-5-11-20)30-23-12-6-2-7-13-23/h1,3-5,8-11,14-19,23,26H,2,6-7,12-13H2/t26-,27-,31?/m1/s1. The van der Waals surface area contributed by atoms with Crippen molar-refractivity contribution in [2.75, 3.05) is 0 Å². The molecule has 7 heteroatoms. The summed E-state index contributed by atoms with van der Waals surface area (Å²) in [7, 11) is -3.89. The molecular weight excluding hydrogens is 487 g/mol. The first-order valence-electron chi connectivity index (χ1n) is 11.6. The zero-order valence-electron chi connectivity index (χ0n) is 18.6. The number of hydrogen-bond acceptors (Lipinski definition) is 3. The van der Waals surface area contributed by atoms with Crippen molar-refractivity contribution in [2.24, 2.45) is 4.99 Å². The van der Waals surface area contributed by atoms with Crippen molar-refractivity contribution in [2.45, 2.75) is 54.1 Å². The molecule has 2 aliphatic rings. The van der Waals surface area contributed by atoms with Gasteiger partial charge < -0.3 is 0 Å². The minimum atomic E-state index is -3.89. The molecule has 1 aliphatic heterocycles. The van der Waals surface area contributed by atoms with Crippen molar-refractivity contribution in [3.05, 3.63) is 101 Å². The van der Waals surface area contributed by atoms with E-state index in [0.29, 0.717) is 10.7 Å². The molecule has 1 saturated heterocycles. The quantitative estimate of drug-likeness (QED) is 0.157. The van der Waals surface area contributed by atoms with Gasteiger partial charge in [-0.1, -0.05) is 103 Å². The Morgan fingerprint density at radius 2 is 1.44 bits per heavy atom. The van der Waals surface area contributed by atoms with Crippen LogP contribution in [0.15, 0.2) is 94.8 Å². The Hall–Kier alpha value is -2.18. The molecule has 176 valence electrons. The van der Waals surface area contributed by atoms with Crippen LogP contribution in [0.25, 0.3) is 0 Å². The number of nitrogens with zero attached hydrogens (tertiary/aromatic N) is 2. The zero-order chi connectivity index (χ0) is 23.8. The fourth-order valence-electron chi connectivity index (χ4n) is 4.86. The van der Waals surface area contributed by atoms with Gasteiger partial charge in [-0.2, -0.15) is 4.31 Å². The van der Waals surface area contributed by atoms with Crippen molar-refractivity contribution in [1.29, 1.82) is 0 Å². The van der Waals surface area contributed by atoms with Crippen molar-refractivity contribution >= 4 is 38.9 Å². The predicted molar refractivity (Wildman–Crippen MR) is 138 cm³/mol. The van der Waals surface area contributed by atoms with Crippen LogP contribution in [0, 0.1) is 0 Å². The molecule has 5 rings (SSSR count). The molecule has 1 heterocycles. The van der Waals surface area contributed by atoms with E-state index in [4.69, 9.17) is 28.2 Å². The van der Waals surface area contributed by atoms with Gasteiger partial charge in [0.15, 0.2) is 5.00 Å². The van der Waals surface area contributed by atoms with Gasteiger partial charge in [-0.15, -0.1) is 0 Å². The second kappa shape index (κ2) is 9.46. The van der Waals surface area contributed by atoms with Gasteiger partial charge in [0.2, 0.25) is 10.0 Å². The zero-order valence-corrected chi connectivity index (χ0v) is 21.0. The Balaban J connectivity index is 1.66. The first-order chi connectivity index (χ1) is 16.4. The summed E-state index contributed by atoms with van der Waals surface area (Å²) in [6.45, 7) is 0. The van der Waals surface area contributed by atoms with Crippen molar-refractivity contribution in [3.8, 4) is 0 Å². The lowest BCUT2D eigenvalue weighted by molar-refractivity contribution is 0.442. The summed E-state index contributed by atoms with van der Waals surface area (Å²) < 4.78 is 29.1. The first-order valence-corrected chi connectivity index (χ1v) is 13.8. The normalized spacial score (nSPS) is 25.8. The Bertz CT molecular complexity index is 1280. The number of sulfonamides is 1. The predicted octanol–water partition coefficient (Wildman–Crippen LogP) is 6.84. The molecule has 1 saturated carbocycles. The highest BCUT2D eigenvalue weighted by molar-refractivity contribution is 7.89. The van der Waals surface area contributed by atoms with Crippen LogP contribution >= 0.6 is 23.2 Å². The van der Waals surface area contributed by atoms with E-state index in [1.165, 1.54) is 10.7 Å². The minimum Gasteiger partial charge on any atom is -0.282 e. The monoisotopic (exact) mass is 512 g/mol. The van der Waals surface area contributed by atoms with Gasteiger partial charge in [-0.25, -0.2) is 8.42 Å². The van der Waals surface area contributed by atoms with Gasteiger partial charge in [0.1, 0.15) is 0 Å². The summed E-state index contributed by atoms with van der Waals surface area (Å²) >= 11 is 13.5. The molecule has 3 aromatic rings. The third-order valence-corrected chi connectivity index (χ3v) is 9.41. The third-order valence-electron chi connectivity index (χ3n) is 6.60. The van der Waals surface area contributed by atoms with E-state index in [-0.39, 0.29) is 10.9 Å². The largest absolute Gasteiger partial charge is 0.282 e. The van der Waals surface area contributed by atoms with E-state index in [1.807, 2.05) is 42.5 Å². The molecule has 0 radical (unpaired) electrons.